The molecule has 0 saturated carbocycles. The minimum absolute atomic E-state index is 0.101. The summed E-state index contributed by atoms with van der Waals surface area (Å²) < 4.78 is 1.47. The van der Waals surface area contributed by atoms with E-state index in [0.29, 0.717) is 5.65 Å². The summed E-state index contributed by atoms with van der Waals surface area (Å²) >= 11 is 0. The maximum absolute atomic E-state index is 11.1. The zero-order valence-electron chi connectivity index (χ0n) is 5.69. The first-order valence-electron chi connectivity index (χ1n) is 3.22. The molecule has 0 amide bonds. The summed E-state index contributed by atoms with van der Waals surface area (Å²) in [5.74, 6) is 0. The van der Waals surface area contributed by atoms with Crippen molar-refractivity contribution in [1.29, 1.82) is 0 Å². The SMILES string of the molecule is O=c1c[c]nc2ccccn12. The molecule has 2 heterocycles. The minimum Gasteiger partial charge on any atom is -0.269 e. The zero-order valence-corrected chi connectivity index (χ0v) is 5.69. The molecule has 11 heavy (non-hydrogen) atoms. The Morgan fingerprint density at radius 1 is 1.45 bits per heavy atom. The highest BCUT2D eigenvalue weighted by Crippen LogP contribution is 1.91. The minimum atomic E-state index is -0.101. The van der Waals surface area contributed by atoms with Gasteiger partial charge in [0.15, 0.2) is 0 Å². The van der Waals surface area contributed by atoms with E-state index in [0.717, 1.165) is 0 Å². The van der Waals surface area contributed by atoms with E-state index in [2.05, 4.69) is 11.2 Å². The summed E-state index contributed by atoms with van der Waals surface area (Å²) in [6, 6.07) is 6.69. The molecular formula is C8H5N2O. The Kier molecular flexibility index (Phi) is 1.22. The van der Waals surface area contributed by atoms with Crippen molar-refractivity contribution < 1.29 is 0 Å². The van der Waals surface area contributed by atoms with Gasteiger partial charge in [-0.05, 0) is 12.1 Å². The van der Waals surface area contributed by atoms with Crippen LogP contribution in [0.4, 0.5) is 0 Å². The molecule has 0 spiro atoms. The van der Waals surface area contributed by atoms with Crippen molar-refractivity contribution in [2.75, 3.05) is 0 Å². The number of aromatic nitrogens is 2. The Bertz CT molecular complexity index is 428. The molecule has 2 aromatic rings. The van der Waals surface area contributed by atoms with Crippen LogP contribution >= 0.6 is 0 Å². The Morgan fingerprint density at radius 3 is 3.18 bits per heavy atom. The second kappa shape index (κ2) is 2.20. The van der Waals surface area contributed by atoms with Crippen LogP contribution in [0, 0.1) is 6.20 Å². The van der Waals surface area contributed by atoms with Gasteiger partial charge in [0, 0.05) is 12.3 Å². The lowest BCUT2D eigenvalue weighted by atomic mass is 10.4. The highest BCUT2D eigenvalue weighted by atomic mass is 16.1. The van der Waals surface area contributed by atoms with Crippen LogP contribution < -0.4 is 5.56 Å². The van der Waals surface area contributed by atoms with Crippen LogP contribution in [0.1, 0.15) is 0 Å². The smallest absolute Gasteiger partial charge is 0.258 e. The van der Waals surface area contributed by atoms with Crippen molar-refractivity contribution in [1.82, 2.24) is 9.38 Å². The second-order valence-corrected chi connectivity index (χ2v) is 2.15. The Hall–Kier alpha value is -1.64. The van der Waals surface area contributed by atoms with Crippen LogP contribution in [0.25, 0.3) is 5.65 Å². The third kappa shape index (κ3) is 0.902. The van der Waals surface area contributed by atoms with Crippen molar-refractivity contribution in [2.45, 2.75) is 0 Å². The molecule has 3 nitrogen and oxygen atoms in total. The van der Waals surface area contributed by atoms with E-state index in [1.807, 2.05) is 6.07 Å². The lowest BCUT2D eigenvalue weighted by Crippen LogP contribution is -2.11. The lowest BCUT2D eigenvalue weighted by molar-refractivity contribution is 1.04. The fourth-order valence-corrected chi connectivity index (χ4v) is 0.935. The number of pyridine rings is 1. The molecule has 0 saturated heterocycles. The van der Waals surface area contributed by atoms with E-state index < -0.39 is 0 Å². The fourth-order valence-electron chi connectivity index (χ4n) is 0.935. The molecule has 0 atom stereocenters. The van der Waals surface area contributed by atoms with Gasteiger partial charge in [-0.2, -0.15) is 0 Å². The molecule has 0 bridgehead atoms. The van der Waals surface area contributed by atoms with E-state index in [1.54, 1.807) is 18.3 Å². The van der Waals surface area contributed by atoms with Gasteiger partial charge in [0.1, 0.15) is 5.65 Å². The second-order valence-electron chi connectivity index (χ2n) is 2.15. The van der Waals surface area contributed by atoms with Gasteiger partial charge in [0.2, 0.25) is 0 Å². The lowest BCUT2D eigenvalue weighted by Gasteiger charge is -1.94. The van der Waals surface area contributed by atoms with Crippen molar-refractivity contribution >= 4 is 5.65 Å². The van der Waals surface area contributed by atoms with E-state index in [-0.39, 0.29) is 5.56 Å². The predicted molar refractivity (Wildman–Crippen MR) is 40.3 cm³/mol. The third-order valence-corrected chi connectivity index (χ3v) is 1.44. The summed E-state index contributed by atoms with van der Waals surface area (Å²) in [7, 11) is 0. The third-order valence-electron chi connectivity index (χ3n) is 1.44. The van der Waals surface area contributed by atoms with Crippen LogP contribution in [0.5, 0.6) is 0 Å². The van der Waals surface area contributed by atoms with Gasteiger partial charge >= 0.3 is 0 Å². The van der Waals surface area contributed by atoms with Gasteiger partial charge in [-0.25, -0.2) is 4.98 Å². The summed E-state index contributed by atoms with van der Waals surface area (Å²) in [5.41, 5.74) is 0.524. The molecule has 0 unspecified atom stereocenters. The number of fused-ring (bicyclic) bond motifs is 1. The molecule has 1 radical (unpaired) electrons. The number of hydrogen-bond donors (Lipinski definition) is 0. The maximum atomic E-state index is 11.1. The normalized spacial score (nSPS) is 10.2. The average molecular weight is 145 g/mol. The van der Waals surface area contributed by atoms with Crippen LogP contribution in [0.15, 0.2) is 35.3 Å². The highest BCUT2D eigenvalue weighted by Gasteiger charge is 1.91. The molecule has 2 rings (SSSR count). The van der Waals surface area contributed by atoms with Gasteiger partial charge in [-0.3, -0.25) is 9.20 Å². The average Bonchev–Trinajstić information content (AvgIpc) is 2.06. The van der Waals surface area contributed by atoms with Crippen LogP contribution in [0.2, 0.25) is 0 Å². The van der Waals surface area contributed by atoms with Crippen LogP contribution in [-0.2, 0) is 0 Å². The number of hydrogen-bond acceptors (Lipinski definition) is 2. The van der Waals surface area contributed by atoms with Crippen molar-refractivity contribution in [3.8, 4) is 0 Å². The summed E-state index contributed by atoms with van der Waals surface area (Å²) in [5, 5.41) is 0. The largest absolute Gasteiger partial charge is 0.269 e. The first-order chi connectivity index (χ1) is 5.38. The van der Waals surface area contributed by atoms with Crippen LogP contribution in [-0.4, -0.2) is 9.38 Å². The molecule has 2 aromatic heterocycles. The first kappa shape index (κ1) is 6.09. The molecule has 0 N–H and O–H groups in total. The van der Waals surface area contributed by atoms with Gasteiger partial charge in [0.05, 0.1) is 6.20 Å². The topological polar surface area (TPSA) is 34.4 Å². The molecule has 0 aliphatic rings. The van der Waals surface area contributed by atoms with Crippen molar-refractivity contribution in [3.05, 3.63) is 47.0 Å². The molecule has 0 aromatic carbocycles. The number of nitrogens with zero attached hydrogens (tertiary/aromatic N) is 2. The highest BCUT2D eigenvalue weighted by molar-refractivity contribution is 5.35. The van der Waals surface area contributed by atoms with Gasteiger partial charge in [0.25, 0.3) is 5.56 Å². The van der Waals surface area contributed by atoms with E-state index in [9.17, 15) is 4.79 Å². The summed E-state index contributed by atoms with van der Waals surface area (Å²) in [6.07, 6.45) is 4.20. The monoisotopic (exact) mass is 145 g/mol. The Labute approximate surface area is 62.9 Å². The Balaban J connectivity index is 3.03. The Morgan fingerprint density at radius 2 is 2.36 bits per heavy atom. The fraction of sp³-hybridized carbons (Fsp3) is 0. The zero-order chi connectivity index (χ0) is 7.68. The van der Waals surface area contributed by atoms with Gasteiger partial charge < -0.3 is 0 Å². The molecule has 53 valence electrons. The molecule has 0 aliphatic carbocycles. The van der Waals surface area contributed by atoms with Gasteiger partial charge in [-0.15, -0.1) is 0 Å². The van der Waals surface area contributed by atoms with Crippen molar-refractivity contribution in [3.63, 3.8) is 0 Å². The molecule has 0 aliphatic heterocycles. The molecule has 0 fully saturated rings. The van der Waals surface area contributed by atoms with E-state index >= 15 is 0 Å². The van der Waals surface area contributed by atoms with Crippen molar-refractivity contribution in [2.24, 2.45) is 0 Å². The van der Waals surface area contributed by atoms with Crippen LogP contribution in [0.3, 0.4) is 0 Å². The summed E-state index contributed by atoms with van der Waals surface area (Å²) in [4.78, 5) is 15.0. The van der Waals surface area contributed by atoms with Gasteiger partial charge in [-0.1, -0.05) is 6.07 Å². The summed E-state index contributed by atoms with van der Waals surface area (Å²) in [6.45, 7) is 0. The predicted octanol–water partition coefficient (Wildman–Crippen LogP) is 0.495. The quantitative estimate of drug-likeness (QED) is 0.540. The van der Waals surface area contributed by atoms with E-state index in [4.69, 9.17) is 0 Å². The number of rotatable bonds is 0. The molecule has 3 heteroatoms. The first-order valence-corrected chi connectivity index (χ1v) is 3.22. The van der Waals surface area contributed by atoms with E-state index in [1.165, 1.54) is 10.5 Å². The standard InChI is InChI=1S/C8H5N2O/c11-8-4-5-9-7-3-1-2-6-10(7)8/h1-4,6H. The molecular weight excluding hydrogens is 140 g/mol. The maximum Gasteiger partial charge on any atom is 0.258 e.